The Kier molecular flexibility index (Phi) is 11.2. The van der Waals surface area contributed by atoms with E-state index in [1.807, 2.05) is 38.1 Å². The Morgan fingerprint density at radius 2 is 2.04 bits per heavy atom. The first-order valence-electron chi connectivity index (χ1n) is 7.38. The van der Waals surface area contributed by atoms with Gasteiger partial charge in [-0.05, 0) is 26.3 Å². The van der Waals surface area contributed by atoms with Crippen LogP contribution in [0.15, 0.2) is 29.3 Å². The zero-order valence-electron chi connectivity index (χ0n) is 13.9. The molecule has 0 unspecified atom stereocenters. The Morgan fingerprint density at radius 3 is 2.70 bits per heavy atom. The van der Waals surface area contributed by atoms with Crippen LogP contribution in [0.1, 0.15) is 32.3 Å². The van der Waals surface area contributed by atoms with Gasteiger partial charge in [-0.3, -0.25) is 4.79 Å². The summed E-state index contributed by atoms with van der Waals surface area (Å²) < 4.78 is 10.3. The van der Waals surface area contributed by atoms with Crippen LogP contribution >= 0.6 is 24.0 Å². The maximum Gasteiger partial charge on any atom is 0.306 e. The fourth-order valence-electron chi connectivity index (χ4n) is 1.83. The topological polar surface area (TPSA) is 85.9 Å². The van der Waals surface area contributed by atoms with Crippen LogP contribution < -0.4 is 15.8 Å². The standard InChI is InChI=1S/C16H25N3O3.HI/c1-12(2)22-15(20)9-6-10-18-16(17)19-11-13-7-4-5-8-14(13)21-3;/h4-5,7-8,12H,6,9-11H2,1-3H3,(H3,17,18,19);1H. The van der Waals surface area contributed by atoms with Crippen LogP contribution in [0.5, 0.6) is 5.75 Å². The molecular formula is C16H26IN3O3. The minimum absolute atomic E-state index is 0. The number of benzene rings is 1. The van der Waals surface area contributed by atoms with Gasteiger partial charge < -0.3 is 20.5 Å². The summed E-state index contributed by atoms with van der Waals surface area (Å²) in [6.07, 6.45) is 0.939. The van der Waals surface area contributed by atoms with Gasteiger partial charge in [0.2, 0.25) is 0 Å². The van der Waals surface area contributed by atoms with Crippen LogP contribution in [0, 0.1) is 0 Å². The van der Waals surface area contributed by atoms with Crippen molar-refractivity contribution in [1.29, 1.82) is 0 Å². The Balaban J connectivity index is 0.00000484. The van der Waals surface area contributed by atoms with Crippen molar-refractivity contribution < 1.29 is 14.3 Å². The molecule has 0 heterocycles. The summed E-state index contributed by atoms with van der Waals surface area (Å²) in [5.74, 6) is 0.944. The highest BCUT2D eigenvalue weighted by molar-refractivity contribution is 14.0. The molecule has 0 radical (unpaired) electrons. The Bertz CT molecular complexity index is 507. The second-order valence-corrected chi connectivity index (χ2v) is 5.08. The molecule has 0 amide bonds. The number of ether oxygens (including phenoxy) is 2. The van der Waals surface area contributed by atoms with Crippen molar-refractivity contribution >= 4 is 35.9 Å². The summed E-state index contributed by atoms with van der Waals surface area (Å²) in [7, 11) is 1.63. The molecule has 0 aliphatic rings. The third-order valence-corrected chi connectivity index (χ3v) is 2.84. The molecule has 6 nitrogen and oxygen atoms in total. The van der Waals surface area contributed by atoms with Crippen molar-refractivity contribution in [2.24, 2.45) is 10.7 Å². The molecule has 0 fully saturated rings. The number of methoxy groups -OCH3 is 1. The predicted molar refractivity (Wildman–Crippen MR) is 102 cm³/mol. The molecule has 0 aliphatic carbocycles. The maximum absolute atomic E-state index is 11.4. The van der Waals surface area contributed by atoms with Gasteiger partial charge in [-0.25, -0.2) is 4.99 Å². The van der Waals surface area contributed by atoms with Crippen LogP contribution in [0.2, 0.25) is 0 Å². The average Bonchev–Trinajstić information content (AvgIpc) is 2.49. The Morgan fingerprint density at radius 1 is 1.35 bits per heavy atom. The second-order valence-electron chi connectivity index (χ2n) is 5.08. The molecular weight excluding hydrogens is 409 g/mol. The first-order chi connectivity index (χ1) is 10.5. The van der Waals surface area contributed by atoms with Crippen molar-refractivity contribution in [2.45, 2.75) is 39.3 Å². The van der Waals surface area contributed by atoms with Gasteiger partial charge in [0.1, 0.15) is 5.75 Å². The molecule has 0 saturated heterocycles. The summed E-state index contributed by atoms with van der Waals surface area (Å²) in [5, 5.41) is 2.98. The van der Waals surface area contributed by atoms with Gasteiger partial charge in [0.05, 0.1) is 19.8 Å². The number of nitrogens with two attached hydrogens (primary N) is 1. The molecule has 1 rings (SSSR count). The number of para-hydroxylation sites is 1. The van der Waals surface area contributed by atoms with Crippen molar-refractivity contribution in [3.8, 4) is 5.75 Å². The Hall–Kier alpha value is -1.51. The molecule has 0 aromatic heterocycles. The highest BCUT2D eigenvalue weighted by Crippen LogP contribution is 2.17. The number of halogens is 1. The zero-order chi connectivity index (χ0) is 16.4. The van der Waals surface area contributed by atoms with Crippen molar-refractivity contribution in [2.75, 3.05) is 13.7 Å². The Labute approximate surface area is 154 Å². The van der Waals surface area contributed by atoms with E-state index in [4.69, 9.17) is 15.2 Å². The van der Waals surface area contributed by atoms with E-state index < -0.39 is 0 Å². The molecule has 1 aromatic rings. The lowest BCUT2D eigenvalue weighted by molar-refractivity contribution is -0.147. The summed E-state index contributed by atoms with van der Waals surface area (Å²) in [6, 6.07) is 7.66. The number of guanidine groups is 1. The molecule has 0 bridgehead atoms. The number of esters is 1. The number of carbonyl (C=O) groups excluding carboxylic acids is 1. The van der Waals surface area contributed by atoms with E-state index in [2.05, 4.69) is 10.3 Å². The van der Waals surface area contributed by atoms with Crippen molar-refractivity contribution in [3.63, 3.8) is 0 Å². The second kappa shape index (κ2) is 12.0. The molecule has 3 N–H and O–H groups in total. The predicted octanol–water partition coefficient (Wildman–Crippen LogP) is 2.45. The van der Waals surface area contributed by atoms with Crippen molar-refractivity contribution in [3.05, 3.63) is 29.8 Å². The van der Waals surface area contributed by atoms with E-state index in [-0.39, 0.29) is 36.0 Å². The summed E-state index contributed by atoms with van der Waals surface area (Å²) in [6.45, 7) is 4.68. The molecule has 0 spiro atoms. The summed E-state index contributed by atoms with van der Waals surface area (Å²) in [5.41, 5.74) is 6.76. The van der Waals surface area contributed by atoms with Crippen molar-refractivity contribution in [1.82, 2.24) is 5.32 Å². The van der Waals surface area contributed by atoms with Gasteiger partial charge >= 0.3 is 5.97 Å². The van der Waals surface area contributed by atoms with E-state index in [9.17, 15) is 4.79 Å². The van der Waals surface area contributed by atoms with E-state index in [0.717, 1.165) is 11.3 Å². The molecule has 130 valence electrons. The molecule has 7 heteroatoms. The molecule has 0 aliphatic heterocycles. The third kappa shape index (κ3) is 9.27. The van der Waals surface area contributed by atoms with Gasteiger partial charge in [0.15, 0.2) is 5.96 Å². The van der Waals surface area contributed by atoms with Gasteiger partial charge in [0.25, 0.3) is 0 Å². The lowest BCUT2D eigenvalue weighted by Crippen LogP contribution is -2.32. The molecule has 1 aromatic carbocycles. The number of nitrogens with one attached hydrogen (secondary N) is 1. The molecule has 0 saturated carbocycles. The quantitative estimate of drug-likeness (QED) is 0.216. The highest BCUT2D eigenvalue weighted by atomic mass is 127. The minimum Gasteiger partial charge on any atom is -0.496 e. The lowest BCUT2D eigenvalue weighted by Gasteiger charge is -2.09. The number of nitrogens with zero attached hydrogens (tertiary/aromatic N) is 1. The molecule has 23 heavy (non-hydrogen) atoms. The van der Waals surface area contributed by atoms with E-state index >= 15 is 0 Å². The van der Waals surface area contributed by atoms with Gasteiger partial charge in [-0.1, -0.05) is 18.2 Å². The summed E-state index contributed by atoms with van der Waals surface area (Å²) in [4.78, 5) is 15.6. The van der Waals surface area contributed by atoms with Gasteiger partial charge in [0, 0.05) is 18.5 Å². The van der Waals surface area contributed by atoms with E-state index in [0.29, 0.717) is 31.9 Å². The third-order valence-electron chi connectivity index (χ3n) is 2.84. The van der Waals surface area contributed by atoms with E-state index in [1.165, 1.54) is 0 Å². The number of hydrogen-bond donors (Lipinski definition) is 2. The number of carbonyl (C=O) groups is 1. The number of aliphatic imine (C=N–C) groups is 1. The molecule has 0 atom stereocenters. The highest BCUT2D eigenvalue weighted by Gasteiger charge is 2.05. The van der Waals surface area contributed by atoms with Crippen LogP contribution in [0.3, 0.4) is 0 Å². The summed E-state index contributed by atoms with van der Waals surface area (Å²) >= 11 is 0. The SMILES string of the molecule is COc1ccccc1CN=C(N)NCCCC(=O)OC(C)C.I. The van der Waals surface area contributed by atoms with E-state index in [1.54, 1.807) is 7.11 Å². The fourth-order valence-corrected chi connectivity index (χ4v) is 1.83. The monoisotopic (exact) mass is 435 g/mol. The largest absolute Gasteiger partial charge is 0.496 e. The zero-order valence-corrected chi connectivity index (χ0v) is 16.2. The first kappa shape index (κ1) is 21.5. The smallest absolute Gasteiger partial charge is 0.306 e. The fraction of sp³-hybridized carbons (Fsp3) is 0.500. The normalized spacial score (nSPS) is 10.9. The van der Waals surface area contributed by atoms with Crippen LogP contribution in [0.25, 0.3) is 0 Å². The van der Waals surface area contributed by atoms with Gasteiger partial charge in [-0.15, -0.1) is 24.0 Å². The van der Waals surface area contributed by atoms with Gasteiger partial charge in [-0.2, -0.15) is 0 Å². The van der Waals surface area contributed by atoms with Crippen LogP contribution in [-0.2, 0) is 16.1 Å². The number of hydrogen-bond acceptors (Lipinski definition) is 4. The first-order valence-corrected chi connectivity index (χ1v) is 7.38. The average molecular weight is 435 g/mol. The maximum atomic E-state index is 11.4. The van der Waals surface area contributed by atoms with Crippen LogP contribution in [0.4, 0.5) is 0 Å². The van der Waals surface area contributed by atoms with Crippen LogP contribution in [-0.4, -0.2) is 31.7 Å². The number of rotatable bonds is 8. The minimum atomic E-state index is -0.193. The lowest BCUT2D eigenvalue weighted by atomic mass is 10.2.